The van der Waals surface area contributed by atoms with Gasteiger partial charge in [-0.15, -0.1) is 9.98 Å². The maximum atomic E-state index is 11.7. The fraction of sp³-hybridized carbons (Fsp3) is 0. The average molecular weight is 266 g/mol. The number of amides is 2. The average Bonchev–Trinajstić information content (AvgIpc) is 2.46. The third-order valence-corrected chi connectivity index (χ3v) is 2.68. The molecule has 6 heteroatoms. The van der Waals surface area contributed by atoms with Crippen LogP contribution < -0.4 is 0 Å². The van der Waals surface area contributed by atoms with Crippen LogP contribution in [0.1, 0.15) is 20.7 Å². The van der Waals surface area contributed by atoms with Gasteiger partial charge in [0.05, 0.1) is 11.1 Å². The Hall–Kier alpha value is -3.20. The number of carbonyl (C=O) groups is 2. The van der Waals surface area contributed by atoms with Gasteiger partial charge in [0.2, 0.25) is 12.2 Å². The summed E-state index contributed by atoms with van der Waals surface area (Å²) in [5, 5.41) is 0.867. The normalized spacial score (nSPS) is 9.40. The van der Waals surface area contributed by atoms with Gasteiger partial charge in [-0.2, -0.15) is 0 Å². The zero-order chi connectivity index (χ0) is 14.5. The molecule has 0 bridgehead atoms. The Balaban J connectivity index is 2.75. The minimum Gasteiger partial charge on any atom is -0.266 e. The number of isocyanates is 2. The molecule has 0 saturated heterocycles. The number of rotatable bonds is 2. The van der Waals surface area contributed by atoms with E-state index in [0.29, 0.717) is 10.8 Å². The van der Waals surface area contributed by atoms with Crippen LogP contribution in [-0.4, -0.2) is 24.0 Å². The summed E-state index contributed by atoms with van der Waals surface area (Å²) in [7, 11) is 0. The Morgan fingerprint density at radius 2 is 1.15 bits per heavy atom. The summed E-state index contributed by atoms with van der Waals surface area (Å²) in [6.07, 6.45) is 2.35. The quantitative estimate of drug-likeness (QED) is 0.611. The first-order valence-electron chi connectivity index (χ1n) is 5.45. The summed E-state index contributed by atoms with van der Waals surface area (Å²) in [4.78, 5) is 49.7. The van der Waals surface area contributed by atoms with Crippen molar-refractivity contribution in [2.45, 2.75) is 0 Å². The van der Waals surface area contributed by atoms with Crippen LogP contribution in [-0.2, 0) is 9.59 Å². The van der Waals surface area contributed by atoms with E-state index >= 15 is 0 Å². The summed E-state index contributed by atoms with van der Waals surface area (Å²) >= 11 is 0. The molecule has 0 radical (unpaired) electrons. The predicted octanol–water partition coefficient (Wildman–Crippen LogP) is 1.79. The van der Waals surface area contributed by atoms with Gasteiger partial charge in [-0.3, -0.25) is 9.59 Å². The van der Waals surface area contributed by atoms with E-state index in [-0.39, 0.29) is 11.1 Å². The van der Waals surface area contributed by atoms with Crippen molar-refractivity contribution >= 4 is 34.7 Å². The summed E-state index contributed by atoms with van der Waals surface area (Å²) in [5.41, 5.74) is 0.325. The Kier molecular flexibility index (Phi) is 3.72. The molecular formula is C14H6N2O4. The molecular weight excluding hydrogens is 260 g/mol. The van der Waals surface area contributed by atoms with E-state index in [0.717, 1.165) is 0 Å². The molecule has 96 valence electrons. The maximum absolute atomic E-state index is 11.7. The first kappa shape index (κ1) is 13.2. The lowest BCUT2D eigenvalue weighted by molar-refractivity contribution is 0.0994. The molecule has 2 aromatic carbocycles. The summed E-state index contributed by atoms with van der Waals surface area (Å²) in [6, 6.07) is 9.23. The molecule has 0 aliphatic carbocycles. The topological polar surface area (TPSA) is 93.0 Å². The van der Waals surface area contributed by atoms with Crippen molar-refractivity contribution < 1.29 is 19.2 Å². The number of aliphatic imine (C=N–C) groups is 2. The molecule has 0 saturated carbocycles. The highest BCUT2D eigenvalue weighted by Gasteiger charge is 2.14. The molecule has 2 amide bonds. The van der Waals surface area contributed by atoms with E-state index in [9.17, 15) is 19.2 Å². The van der Waals surface area contributed by atoms with Gasteiger partial charge in [-0.1, -0.05) is 24.3 Å². The second-order valence-electron chi connectivity index (χ2n) is 3.72. The van der Waals surface area contributed by atoms with Crippen LogP contribution in [0.2, 0.25) is 0 Å². The number of nitrogens with zero attached hydrogens (tertiary/aromatic N) is 2. The van der Waals surface area contributed by atoms with Crippen molar-refractivity contribution in [2.75, 3.05) is 0 Å². The Morgan fingerprint density at radius 1 is 0.750 bits per heavy atom. The monoisotopic (exact) mass is 266 g/mol. The summed E-state index contributed by atoms with van der Waals surface area (Å²) in [5.74, 6) is -1.51. The molecule has 0 N–H and O–H groups in total. The molecule has 20 heavy (non-hydrogen) atoms. The standard InChI is InChI=1S/C14H6N2O4/c17-7-15-13(19)11-5-1-3-9-10(11)4-2-6-12(9)14(20)16-8-18/h1-6H. The maximum Gasteiger partial charge on any atom is 0.288 e. The van der Waals surface area contributed by atoms with Crippen molar-refractivity contribution in [2.24, 2.45) is 9.98 Å². The molecule has 0 fully saturated rings. The highest BCUT2D eigenvalue weighted by atomic mass is 16.2. The fourth-order valence-electron chi connectivity index (χ4n) is 1.89. The van der Waals surface area contributed by atoms with Crippen molar-refractivity contribution in [3.63, 3.8) is 0 Å². The third kappa shape index (κ3) is 2.33. The molecule has 0 aliphatic heterocycles. The molecule has 0 aromatic heterocycles. The van der Waals surface area contributed by atoms with Gasteiger partial charge >= 0.3 is 0 Å². The smallest absolute Gasteiger partial charge is 0.266 e. The van der Waals surface area contributed by atoms with Crippen LogP contribution in [0.15, 0.2) is 46.4 Å². The SMILES string of the molecule is O=C=NC(=O)c1cccc2c(C(=O)N=C=O)cccc12. The van der Waals surface area contributed by atoms with Gasteiger partial charge in [0, 0.05) is 0 Å². The molecule has 6 nitrogen and oxygen atoms in total. The van der Waals surface area contributed by atoms with Gasteiger partial charge in [0.15, 0.2) is 0 Å². The zero-order valence-electron chi connectivity index (χ0n) is 9.99. The van der Waals surface area contributed by atoms with Crippen LogP contribution in [0.25, 0.3) is 10.8 Å². The van der Waals surface area contributed by atoms with Crippen molar-refractivity contribution in [1.29, 1.82) is 0 Å². The van der Waals surface area contributed by atoms with Gasteiger partial charge in [0.1, 0.15) is 0 Å². The Morgan fingerprint density at radius 3 is 1.50 bits per heavy atom. The van der Waals surface area contributed by atoms with Crippen molar-refractivity contribution in [1.82, 2.24) is 0 Å². The number of benzene rings is 2. The van der Waals surface area contributed by atoms with E-state index in [1.165, 1.54) is 36.4 Å². The fourth-order valence-corrected chi connectivity index (χ4v) is 1.89. The van der Waals surface area contributed by atoms with Crippen LogP contribution in [0, 0.1) is 0 Å². The lowest BCUT2D eigenvalue weighted by atomic mass is 9.99. The number of fused-ring (bicyclic) bond motifs is 1. The highest BCUT2D eigenvalue weighted by molar-refractivity contribution is 6.14. The second-order valence-corrected chi connectivity index (χ2v) is 3.72. The molecule has 0 atom stereocenters. The van der Waals surface area contributed by atoms with Crippen molar-refractivity contribution in [3.05, 3.63) is 47.5 Å². The molecule has 0 unspecified atom stereocenters. The molecule has 0 spiro atoms. The molecule has 0 aliphatic rings. The molecule has 2 rings (SSSR count). The number of hydrogen-bond donors (Lipinski definition) is 0. The van der Waals surface area contributed by atoms with E-state index in [4.69, 9.17) is 0 Å². The van der Waals surface area contributed by atoms with E-state index < -0.39 is 11.8 Å². The summed E-state index contributed by atoms with van der Waals surface area (Å²) < 4.78 is 0. The molecule has 0 heterocycles. The van der Waals surface area contributed by atoms with Gasteiger partial charge < -0.3 is 0 Å². The molecule has 2 aromatic rings. The first-order valence-corrected chi connectivity index (χ1v) is 5.45. The Labute approximate surface area is 112 Å². The third-order valence-electron chi connectivity index (χ3n) is 2.68. The summed E-state index contributed by atoms with van der Waals surface area (Å²) in [6.45, 7) is 0. The Bertz CT molecular complexity index is 744. The lowest BCUT2D eigenvalue weighted by Crippen LogP contribution is -2.00. The zero-order valence-corrected chi connectivity index (χ0v) is 9.99. The van der Waals surface area contributed by atoms with E-state index in [1.807, 2.05) is 0 Å². The van der Waals surface area contributed by atoms with E-state index in [1.54, 1.807) is 12.1 Å². The van der Waals surface area contributed by atoms with E-state index in [2.05, 4.69) is 9.98 Å². The van der Waals surface area contributed by atoms with Crippen molar-refractivity contribution in [3.8, 4) is 0 Å². The second kappa shape index (κ2) is 5.63. The van der Waals surface area contributed by atoms with Crippen LogP contribution in [0.5, 0.6) is 0 Å². The largest absolute Gasteiger partial charge is 0.288 e. The highest BCUT2D eigenvalue weighted by Crippen LogP contribution is 2.23. The van der Waals surface area contributed by atoms with Gasteiger partial charge in [-0.05, 0) is 22.9 Å². The number of hydrogen-bond acceptors (Lipinski definition) is 4. The minimum absolute atomic E-state index is 0.163. The first-order chi connectivity index (χ1) is 9.69. The van der Waals surface area contributed by atoms with Crippen LogP contribution >= 0.6 is 0 Å². The lowest BCUT2D eigenvalue weighted by Gasteiger charge is -2.05. The predicted molar refractivity (Wildman–Crippen MR) is 68.9 cm³/mol. The van der Waals surface area contributed by atoms with Crippen LogP contribution in [0.4, 0.5) is 0 Å². The van der Waals surface area contributed by atoms with Gasteiger partial charge in [0.25, 0.3) is 11.8 Å². The number of carbonyl (C=O) groups excluding carboxylic acids is 4. The minimum atomic E-state index is -0.755. The van der Waals surface area contributed by atoms with Gasteiger partial charge in [-0.25, -0.2) is 9.59 Å². The van der Waals surface area contributed by atoms with Crippen LogP contribution in [0.3, 0.4) is 0 Å².